The number of carbonyl (C=O) groups is 1. The summed E-state index contributed by atoms with van der Waals surface area (Å²) in [5.41, 5.74) is 0.393. The van der Waals surface area contributed by atoms with Crippen molar-refractivity contribution in [2.45, 2.75) is 0 Å². The highest BCUT2D eigenvalue weighted by Gasteiger charge is 2.14. The average molecular weight is 369 g/mol. The zero-order valence-corrected chi connectivity index (χ0v) is 14.1. The number of anilines is 1. The summed E-state index contributed by atoms with van der Waals surface area (Å²) in [6.07, 6.45) is 0. The molecule has 6 nitrogen and oxygen atoms in total. The monoisotopic (exact) mass is 368 g/mol. The van der Waals surface area contributed by atoms with Crippen molar-refractivity contribution in [3.05, 3.63) is 93.5 Å². The number of hydrogen-bond donors (Lipinski definition) is 1. The Labute approximate surface area is 154 Å². The van der Waals surface area contributed by atoms with Crippen LogP contribution in [-0.2, 0) is 0 Å². The summed E-state index contributed by atoms with van der Waals surface area (Å²) in [4.78, 5) is 23.0. The molecule has 0 saturated carbocycles. The molecule has 0 aliphatic heterocycles. The smallest absolute Gasteiger partial charge is 0.275 e. The van der Waals surface area contributed by atoms with Crippen LogP contribution in [0, 0.1) is 10.1 Å². The predicted octanol–water partition coefficient (Wildman–Crippen LogP) is 5.29. The molecule has 0 unspecified atom stereocenters. The molecule has 0 aliphatic carbocycles. The van der Waals surface area contributed by atoms with Crippen molar-refractivity contribution < 1.29 is 14.5 Å². The van der Waals surface area contributed by atoms with Crippen molar-refractivity contribution in [3.63, 3.8) is 0 Å². The van der Waals surface area contributed by atoms with Crippen LogP contribution >= 0.6 is 11.6 Å². The molecule has 0 aromatic heterocycles. The zero-order chi connectivity index (χ0) is 18.5. The topological polar surface area (TPSA) is 81.5 Å². The molecule has 0 spiro atoms. The van der Waals surface area contributed by atoms with Gasteiger partial charge in [-0.05, 0) is 30.3 Å². The molecule has 26 heavy (non-hydrogen) atoms. The number of nitrogens with one attached hydrogen (secondary N) is 1. The predicted molar refractivity (Wildman–Crippen MR) is 99.0 cm³/mol. The molecular weight excluding hydrogens is 356 g/mol. The fraction of sp³-hybridized carbons (Fsp3) is 0. The summed E-state index contributed by atoms with van der Waals surface area (Å²) in [5, 5.41) is 14.2. The highest BCUT2D eigenvalue weighted by Crippen LogP contribution is 2.30. The minimum absolute atomic E-state index is 0.195. The average Bonchev–Trinajstić information content (AvgIpc) is 2.62. The molecule has 7 heteroatoms. The van der Waals surface area contributed by atoms with Crippen LogP contribution in [0.5, 0.6) is 11.5 Å². The van der Waals surface area contributed by atoms with Crippen LogP contribution in [0.2, 0.25) is 5.02 Å². The quantitative estimate of drug-likeness (QED) is 0.489. The number of rotatable bonds is 5. The minimum atomic E-state index is -0.549. The van der Waals surface area contributed by atoms with E-state index in [4.69, 9.17) is 16.3 Å². The number of halogens is 1. The number of amides is 1. The Morgan fingerprint density at radius 1 is 0.962 bits per heavy atom. The second-order valence-corrected chi connectivity index (χ2v) is 5.79. The maximum absolute atomic E-state index is 12.3. The highest BCUT2D eigenvalue weighted by molar-refractivity contribution is 6.31. The molecule has 3 aromatic rings. The molecule has 0 aliphatic rings. The third-order valence-electron chi connectivity index (χ3n) is 3.43. The molecule has 0 bridgehead atoms. The lowest BCUT2D eigenvalue weighted by atomic mass is 10.2. The van der Waals surface area contributed by atoms with Crippen LogP contribution in [0.1, 0.15) is 10.4 Å². The van der Waals surface area contributed by atoms with Gasteiger partial charge in [0.05, 0.1) is 16.7 Å². The summed E-state index contributed by atoms with van der Waals surface area (Å²) >= 11 is 5.88. The molecule has 0 atom stereocenters. The van der Waals surface area contributed by atoms with Crippen molar-refractivity contribution in [1.82, 2.24) is 0 Å². The van der Waals surface area contributed by atoms with Gasteiger partial charge in [0.15, 0.2) is 0 Å². The van der Waals surface area contributed by atoms with E-state index in [0.717, 1.165) is 0 Å². The van der Waals surface area contributed by atoms with E-state index in [1.807, 2.05) is 6.07 Å². The van der Waals surface area contributed by atoms with Gasteiger partial charge in [0, 0.05) is 22.7 Å². The number of ether oxygens (including phenoxy) is 1. The van der Waals surface area contributed by atoms with Crippen LogP contribution in [-0.4, -0.2) is 10.8 Å². The van der Waals surface area contributed by atoms with Gasteiger partial charge in [0.2, 0.25) is 0 Å². The van der Waals surface area contributed by atoms with E-state index in [9.17, 15) is 14.9 Å². The van der Waals surface area contributed by atoms with Gasteiger partial charge in [-0.2, -0.15) is 0 Å². The highest BCUT2D eigenvalue weighted by atomic mass is 35.5. The van der Waals surface area contributed by atoms with Crippen molar-refractivity contribution in [2.24, 2.45) is 0 Å². The summed E-state index contributed by atoms with van der Waals surface area (Å²) in [6, 6.07) is 19.3. The van der Waals surface area contributed by atoms with E-state index < -0.39 is 10.8 Å². The Kier molecular flexibility index (Phi) is 5.15. The third kappa shape index (κ3) is 4.37. The van der Waals surface area contributed by atoms with E-state index in [2.05, 4.69) is 5.32 Å². The van der Waals surface area contributed by atoms with E-state index in [-0.39, 0.29) is 17.1 Å². The van der Waals surface area contributed by atoms with Crippen LogP contribution in [0.15, 0.2) is 72.8 Å². The third-order valence-corrected chi connectivity index (χ3v) is 3.66. The summed E-state index contributed by atoms with van der Waals surface area (Å²) in [6.45, 7) is 0. The number of carbonyl (C=O) groups excluding carboxylic acids is 1. The Balaban J connectivity index is 1.88. The summed E-state index contributed by atoms with van der Waals surface area (Å²) in [5.74, 6) is 0.338. The molecule has 0 radical (unpaired) electrons. The van der Waals surface area contributed by atoms with Crippen LogP contribution < -0.4 is 10.1 Å². The normalized spacial score (nSPS) is 10.2. The number of para-hydroxylation sites is 1. The maximum Gasteiger partial charge on any atom is 0.275 e. The summed E-state index contributed by atoms with van der Waals surface area (Å²) in [7, 11) is 0. The van der Waals surface area contributed by atoms with Gasteiger partial charge in [0.1, 0.15) is 11.5 Å². The number of nitrogens with zero attached hydrogens (tertiary/aromatic N) is 1. The van der Waals surface area contributed by atoms with Gasteiger partial charge in [-0.3, -0.25) is 14.9 Å². The van der Waals surface area contributed by atoms with Gasteiger partial charge in [-0.1, -0.05) is 35.9 Å². The molecular formula is C19H13ClN2O4. The lowest BCUT2D eigenvalue weighted by molar-refractivity contribution is -0.384. The van der Waals surface area contributed by atoms with Crippen molar-refractivity contribution in [1.29, 1.82) is 0 Å². The molecule has 3 rings (SSSR count). The van der Waals surface area contributed by atoms with Crippen LogP contribution in [0.3, 0.4) is 0 Å². The Bertz CT molecular complexity index is 961. The van der Waals surface area contributed by atoms with E-state index in [1.54, 1.807) is 42.5 Å². The Hall–Kier alpha value is -3.38. The second-order valence-electron chi connectivity index (χ2n) is 5.35. The largest absolute Gasteiger partial charge is 0.457 e. The molecule has 0 fully saturated rings. The van der Waals surface area contributed by atoms with Crippen molar-refractivity contribution >= 4 is 28.9 Å². The first-order valence-electron chi connectivity index (χ1n) is 7.60. The zero-order valence-electron chi connectivity index (χ0n) is 13.4. The Morgan fingerprint density at radius 2 is 1.73 bits per heavy atom. The number of benzene rings is 3. The molecule has 0 heterocycles. The van der Waals surface area contributed by atoms with Crippen LogP contribution in [0.4, 0.5) is 11.4 Å². The number of nitro groups is 1. The van der Waals surface area contributed by atoms with E-state index >= 15 is 0 Å². The molecule has 1 N–H and O–H groups in total. The SMILES string of the molecule is O=C(Nc1cc(Oc2ccccc2)cc([N+](=O)[O-])c1)c1cccc(Cl)c1. The van der Waals surface area contributed by atoms with Gasteiger partial charge >= 0.3 is 0 Å². The van der Waals surface area contributed by atoms with Gasteiger partial charge in [0.25, 0.3) is 11.6 Å². The number of nitro benzene ring substituents is 1. The lowest BCUT2D eigenvalue weighted by Gasteiger charge is -2.09. The Morgan fingerprint density at radius 3 is 2.42 bits per heavy atom. The first-order valence-corrected chi connectivity index (χ1v) is 7.98. The fourth-order valence-electron chi connectivity index (χ4n) is 2.28. The number of non-ortho nitro benzene ring substituents is 1. The van der Waals surface area contributed by atoms with Crippen molar-refractivity contribution in [3.8, 4) is 11.5 Å². The minimum Gasteiger partial charge on any atom is -0.457 e. The maximum atomic E-state index is 12.3. The van der Waals surface area contributed by atoms with E-state index in [0.29, 0.717) is 16.3 Å². The second kappa shape index (κ2) is 7.67. The molecule has 0 saturated heterocycles. The van der Waals surface area contributed by atoms with Crippen molar-refractivity contribution in [2.75, 3.05) is 5.32 Å². The van der Waals surface area contributed by atoms with Gasteiger partial charge in [-0.25, -0.2) is 0 Å². The van der Waals surface area contributed by atoms with Gasteiger partial charge < -0.3 is 10.1 Å². The lowest BCUT2D eigenvalue weighted by Crippen LogP contribution is -2.12. The first-order chi connectivity index (χ1) is 12.5. The number of hydrogen-bond acceptors (Lipinski definition) is 4. The summed E-state index contributed by atoms with van der Waals surface area (Å²) < 4.78 is 5.64. The fourth-order valence-corrected chi connectivity index (χ4v) is 2.47. The van der Waals surface area contributed by atoms with Gasteiger partial charge in [-0.15, -0.1) is 0 Å². The standard InChI is InChI=1S/C19H13ClN2O4/c20-14-6-4-5-13(9-14)19(23)21-15-10-16(22(24)25)12-18(11-15)26-17-7-2-1-3-8-17/h1-12H,(H,21,23). The molecule has 3 aromatic carbocycles. The van der Waals surface area contributed by atoms with E-state index in [1.165, 1.54) is 24.3 Å². The first kappa shape index (κ1) is 17.4. The molecule has 130 valence electrons. The van der Waals surface area contributed by atoms with Crippen LogP contribution in [0.25, 0.3) is 0 Å². The molecule has 1 amide bonds.